The number of carbonyl (C=O) groups is 2. The standard InChI is InChI=1S/C24H30N2O2S/c1-23(2)17-11-12-24(23,3)20(15-17)26-21(27)18(14-16-8-5-4-6-9-16)25-22(28)19-10-7-13-29-19/h4-10,13,17-18,20H,11-12,14-15H2,1-3H3,(H,25,28)(H,26,27)/t17-,18-,20+,24-/m0/s1. The van der Waals surface area contributed by atoms with Gasteiger partial charge in [0.1, 0.15) is 6.04 Å². The number of hydrogen-bond acceptors (Lipinski definition) is 3. The highest BCUT2D eigenvalue weighted by atomic mass is 32.1. The maximum atomic E-state index is 13.3. The molecule has 2 aromatic rings. The van der Waals surface area contributed by atoms with Crippen molar-refractivity contribution < 1.29 is 9.59 Å². The normalized spacial score (nSPS) is 28.1. The van der Waals surface area contributed by atoms with Crippen molar-refractivity contribution in [3.8, 4) is 0 Å². The molecule has 2 aliphatic carbocycles. The van der Waals surface area contributed by atoms with Crippen LogP contribution >= 0.6 is 11.3 Å². The van der Waals surface area contributed by atoms with Crippen LogP contribution in [0.25, 0.3) is 0 Å². The summed E-state index contributed by atoms with van der Waals surface area (Å²) in [6.07, 6.45) is 3.92. The summed E-state index contributed by atoms with van der Waals surface area (Å²) in [5.74, 6) is 0.398. The Labute approximate surface area is 177 Å². The van der Waals surface area contributed by atoms with Gasteiger partial charge in [-0.1, -0.05) is 57.2 Å². The summed E-state index contributed by atoms with van der Waals surface area (Å²) in [4.78, 5) is 26.6. The van der Waals surface area contributed by atoms with E-state index in [1.165, 1.54) is 17.8 Å². The smallest absolute Gasteiger partial charge is 0.262 e. The number of benzene rings is 1. The van der Waals surface area contributed by atoms with E-state index in [0.717, 1.165) is 18.4 Å². The fraction of sp³-hybridized carbons (Fsp3) is 0.500. The van der Waals surface area contributed by atoms with Gasteiger partial charge < -0.3 is 10.6 Å². The van der Waals surface area contributed by atoms with Crippen molar-refractivity contribution in [3.63, 3.8) is 0 Å². The molecule has 4 atom stereocenters. The first-order chi connectivity index (χ1) is 13.8. The summed E-state index contributed by atoms with van der Waals surface area (Å²) in [5, 5.41) is 8.18. The molecule has 0 unspecified atom stereocenters. The molecule has 5 heteroatoms. The molecule has 2 N–H and O–H groups in total. The summed E-state index contributed by atoms with van der Waals surface area (Å²) in [6.45, 7) is 7.01. The molecular formula is C24H30N2O2S. The second-order valence-electron chi connectivity index (χ2n) is 9.36. The van der Waals surface area contributed by atoms with E-state index in [9.17, 15) is 9.59 Å². The van der Waals surface area contributed by atoms with E-state index < -0.39 is 6.04 Å². The Bertz CT molecular complexity index is 878. The van der Waals surface area contributed by atoms with E-state index in [1.54, 1.807) is 6.07 Å². The maximum Gasteiger partial charge on any atom is 0.262 e. The minimum atomic E-state index is -0.585. The molecule has 4 nitrogen and oxygen atoms in total. The van der Waals surface area contributed by atoms with Crippen LogP contribution in [-0.4, -0.2) is 23.9 Å². The summed E-state index contributed by atoms with van der Waals surface area (Å²) >= 11 is 1.39. The van der Waals surface area contributed by atoms with Gasteiger partial charge in [0.15, 0.2) is 0 Å². The largest absolute Gasteiger partial charge is 0.351 e. The van der Waals surface area contributed by atoms with Crippen LogP contribution in [0.3, 0.4) is 0 Å². The summed E-state index contributed by atoms with van der Waals surface area (Å²) in [7, 11) is 0. The van der Waals surface area contributed by atoms with Crippen LogP contribution in [0.1, 0.15) is 55.3 Å². The van der Waals surface area contributed by atoms with Crippen LogP contribution in [0.5, 0.6) is 0 Å². The molecule has 2 saturated carbocycles. The molecule has 2 aliphatic rings. The van der Waals surface area contributed by atoms with Crippen LogP contribution < -0.4 is 10.6 Å². The van der Waals surface area contributed by atoms with Crippen molar-refractivity contribution in [3.05, 3.63) is 58.3 Å². The Morgan fingerprint density at radius 2 is 1.90 bits per heavy atom. The van der Waals surface area contributed by atoms with Crippen LogP contribution in [0, 0.1) is 16.7 Å². The van der Waals surface area contributed by atoms with Gasteiger partial charge >= 0.3 is 0 Å². The summed E-state index contributed by atoms with van der Waals surface area (Å²) in [6, 6.07) is 13.1. The number of hydrogen-bond donors (Lipinski definition) is 2. The maximum absolute atomic E-state index is 13.3. The molecular weight excluding hydrogens is 380 g/mol. The highest BCUT2D eigenvalue weighted by molar-refractivity contribution is 7.12. The van der Waals surface area contributed by atoms with E-state index in [2.05, 4.69) is 31.4 Å². The Kier molecular flexibility index (Phi) is 5.28. The number of thiophene rings is 1. The fourth-order valence-electron chi connectivity index (χ4n) is 5.39. The molecule has 2 fully saturated rings. The van der Waals surface area contributed by atoms with Crippen LogP contribution in [-0.2, 0) is 11.2 Å². The van der Waals surface area contributed by atoms with Gasteiger partial charge in [0.25, 0.3) is 5.91 Å². The Morgan fingerprint density at radius 3 is 2.48 bits per heavy atom. The van der Waals surface area contributed by atoms with Gasteiger partial charge in [-0.2, -0.15) is 0 Å². The van der Waals surface area contributed by atoms with Crippen molar-refractivity contribution >= 4 is 23.2 Å². The Hall–Kier alpha value is -2.14. The number of carbonyl (C=O) groups excluding carboxylic acids is 2. The lowest BCUT2D eigenvalue weighted by molar-refractivity contribution is -0.124. The van der Waals surface area contributed by atoms with Gasteiger partial charge in [0, 0.05) is 12.5 Å². The van der Waals surface area contributed by atoms with Crippen molar-refractivity contribution in [2.45, 2.75) is 58.5 Å². The Balaban J connectivity index is 1.51. The van der Waals surface area contributed by atoms with Gasteiger partial charge in [-0.25, -0.2) is 0 Å². The average molecular weight is 411 g/mol. The number of nitrogens with one attached hydrogen (secondary N) is 2. The molecule has 1 aromatic heterocycles. The summed E-state index contributed by atoms with van der Waals surface area (Å²) in [5.41, 5.74) is 1.39. The average Bonchev–Trinajstić information content (AvgIpc) is 3.35. The van der Waals surface area contributed by atoms with Gasteiger partial charge in [-0.3, -0.25) is 9.59 Å². The predicted octanol–water partition coefficient (Wildman–Crippen LogP) is 4.42. The third kappa shape index (κ3) is 3.61. The highest BCUT2D eigenvalue weighted by Gasteiger charge is 2.61. The van der Waals surface area contributed by atoms with Crippen LogP contribution in [0.4, 0.5) is 0 Å². The fourth-order valence-corrected chi connectivity index (χ4v) is 6.02. The second kappa shape index (κ2) is 7.60. The van der Waals surface area contributed by atoms with E-state index in [0.29, 0.717) is 17.2 Å². The molecule has 0 spiro atoms. The summed E-state index contributed by atoms with van der Waals surface area (Å²) < 4.78 is 0. The van der Waals surface area contributed by atoms with E-state index >= 15 is 0 Å². The third-order valence-corrected chi connectivity index (χ3v) is 8.63. The van der Waals surface area contributed by atoms with Crippen LogP contribution in [0.15, 0.2) is 47.8 Å². The molecule has 2 amide bonds. The molecule has 29 heavy (non-hydrogen) atoms. The second-order valence-corrected chi connectivity index (χ2v) is 10.3. The minimum absolute atomic E-state index is 0.0756. The lowest BCUT2D eigenvalue weighted by atomic mass is 9.69. The van der Waals surface area contributed by atoms with Crippen molar-refractivity contribution in [2.24, 2.45) is 16.7 Å². The first-order valence-electron chi connectivity index (χ1n) is 10.5. The zero-order chi connectivity index (χ0) is 20.6. The van der Waals surface area contributed by atoms with Crippen molar-refractivity contribution in [1.82, 2.24) is 10.6 Å². The van der Waals surface area contributed by atoms with Gasteiger partial charge in [-0.15, -0.1) is 11.3 Å². The molecule has 1 heterocycles. The van der Waals surface area contributed by atoms with E-state index in [-0.39, 0.29) is 28.7 Å². The van der Waals surface area contributed by atoms with E-state index in [1.807, 2.05) is 41.8 Å². The quantitative estimate of drug-likeness (QED) is 0.741. The molecule has 0 radical (unpaired) electrons. The number of amides is 2. The third-order valence-electron chi connectivity index (χ3n) is 7.76. The zero-order valence-electron chi connectivity index (χ0n) is 17.4. The molecule has 0 saturated heterocycles. The zero-order valence-corrected chi connectivity index (χ0v) is 18.2. The predicted molar refractivity (Wildman–Crippen MR) is 117 cm³/mol. The number of fused-ring (bicyclic) bond motifs is 2. The first kappa shape index (κ1) is 20.1. The molecule has 154 valence electrons. The van der Waals surface area contributed by atoms with E-state index in [4.69, 9.17) is 0 Å². The topological polar surface area (TPSA) is 58.2 Å². The lowest BCUT2D eigenvalue weighted by Gasteiger charge is -2.40. The Morgan fingerprint density at radius 1 is 1.14 bits per heavy atom. The van der Waals surface area contributed by atoms with Crippen molar-refractivity contribution in [2.75, 3.05) is 0 Å². The molecule has 0 aliphatic heterocycles. The number of rotatable bonds is 6. The van der Waals surface area contributed by atoms with Crippen LogP contribution in [0.2, 0.25) is 0 Å². The molecule has 4 rings (SSSR count). The lowest BCUT2D eigenvalue weighted by Crippen LogP contribution is -2.54. The molecule has 1 aromatic carbocycles. The first-order valence-corrected chi connectivity index (χ1v) is 11.4. The highest BCUT2D eigenvalue weighted by Crippen LogP contribution is 2.65. The van der Waals surface area contributed by atoms with Gasteiger partial charge in [0.05, 0.1) is 4.88 Å². The minimum Gasteiger partial charge on any atom is -0.351 e. The van der Waals surface area contributed by atoms with Gasteiger partial charge in [-0.05, 0) is 53.0 Å². The SMILES string of the molecule is CC1(C)[C@H]2CC[C@@]1(C)[C@H](NC(=O)[C@H](Cc1ccccc1)NC(=O)c1cccs1)C2. The monoisotopic (exact) mass is 410 g/mol. The van der Waals surface area contributed by atoms with Crippen molar-refractivity contribution in [1.29, 1.82) is 0 Å². The molecule has 2 bridgehead atoms. The van der Waals surface area contributed by atoms with Gasteiger partial charge in [0.2, 0.25) is 5.91 Å².